The summed E-state index contributed by atoms with van der Waals surface area (Å²) in [5.74, 6) is 1.71. The summed E-state index contributed by atoms with van der Waals surface area (Å²) in [6, 6.07) is 15.5. The summed E-state index contributed by atoms with van der Waals surface area (Å²) in [4.78, 5) is 0. The van der Waals surface area contributed by atoms with E-state index in [4.69, 9.17) is 0 Å². The molecule has 2 bridgehead atoms. The van der Waals surface area contributed by atoms with E-state index < -0.39 is 0 Å². The van der Waals surface area contributed by atoms with E-state index in [-0.39, 0.29) is 0 Å². The van der Waals surface area contributed by atoms with Crippen molar-refractivity contribution in [2.75, 3.05) is 0 Å². The van der Waals surface area contributed by atoms with E-state index in [9.17, 15) is 0 Å². The summed E-state index contributed by atoms with van der Waals surface area (Å²) in [5, 5.41) is 2.79. The van der Waals surface area contributed by atoms with Gasteiger partial charge in [0.2, 0.25) is 0 Å². The average Bonchev–Trinajstić information content (AvgIpc) is 3.00. The van der Waals surface area contributed by atoms with Crippen LogP contribution in [0.4, 0.5) is 0 Å². The summed E-state index contributed by atoms with van der Waals surface area (Å²) in [6.45, 7) is 0. The van der Waals surface area contributed by atoms with Crippen LogP contribution in [0, 0.1) is 11.8 Å². The van der Waals surface area contributed by atoms with Gasteiger partial charge < -0.3 is 0 Å². The maximum atomic E-state index is 2.54. The maximum absolute atomic E-state index is 2.54. The van der Waals surface area contributed by atoms with Gasteiger partial charge in [0.1, 0.15) is 0 Å². The monoisotopic (exact) mass is 220 g/mol. The molecule has 0 aliphatic heterocycles. The quantitative estimate of drug-likeness (QED) is 0.656. The Balaban J connectivity index is 1.94. The van der Waals surface area contributed by atoms with Crippen molar-refractivity contribution < 1.29 is 0 Å². The van der Waals surface area contributed by atoms with Crippen LogP contribution in [0.1, 0.15) is 24.8 Å². The van der Waals surface area contributed by atoms with Crippen molar-refractivity contribution >= 4 is 16.3 Å². The number of fused-ring (bicyclic) bond motifs is 3. The topological polar surface area (TPSA) is 0 Å². The molecule has 0 radical (unpaired) electrons. The van der Waals surface area contributed by atoms with E-state index in [1.54, 1.807) is 5.57 Å². The van der Waals surface area contributed by atoms with Crippen LogP contribution in [0.3, 0.4) is 0 Å². The highest BCUT2D eigenvalue weighted by Crippen LogP contribution is 2.48. The Morgan fingerprint density at radius 3 is 2.59 bits per heavy atom. The molecule has 2 aliphatic carbocycles. The molecule has 2 aliphatic rings. The molecule has 1 fully saturated rings. The van der Waals surface area contributed by atoms with Gasteiger partial charge in [0, 0.05) is 0 Å². The lowest BCUT2D eigenvalue weighted by molar-refractivity contribution is 0.695. The SMILES string of the molecule is C1=C(c2cccc3ccccc23)C2CCC1C2. The molecule has 0 amide bonds. The fourth-order valence-electron chi connectivity index (χ4n) is 3.63. The van der Waals surface area contributed by atoms with E-state index in [0.29, 0.717) is 0 Å². The molecule has 0 spiro atoms. The molecule has 17 heavy (non-hydrogen) atoms. The summed E-state index contributed by atoms with van der Waals surface area (Å²) in [6.07, 6.45) is 6.76. The predicted octanol–water partition coefficient (Wildman–Crippen LogP) is 4.65. The Hall–Kier alpha value is -1.56. The molecule has 0 saturated heterocycles. The maximum Gasteiger partial charge on any atom is -0.0109 e. The highest BCUT2D eigenvalue weighted by molar-refractivity contribution is 5.94. The highest BCUT2D eigenvalue weighted by Gasteiger charge is 2.33. The standard InChI is InChI=1S/C17H16/c1-2-6-15-13(4-1)5-3-7-16(15)17-11-12-8-9-14(17)10-12/h1-7,11-12,14H,8-10H2. The van der Waals surface area contributed by atoms with E-state index >= 15 is 0 Å². The normalized spacial score (nSPS) is 26.5. The molecule has 2 unspecified atom stereocenters. The highest BCUT2D eigenvalue weighted by atomic mass is 14.4. The molecule has 0 heteroatoms. The van der Waals surface area contributed by atoms with Crippen LogP contribution in [0.25, 0.3) is 16.3 Å². The van der Waals surface area contributed by atoms with Crippen molar-refractivity contribution in [3.05, 3.63) is 54.1 Å². The van der Waals surface area contributed by atoms with Gasteiger partial charge in [0.05, 0.1) is 0 Å². The minimum atomic E-state index is 0.839. The molecular weight excluding hydrogens is 204 g/mol. The third-order valence-electron chi connectivity index (χ3n) is 4.43. The van der Waals surface area contributed by atoms with Crippen LogP contribution in [0.2, 0.25) is 0 Å². The molecule has 1 saturated carbocycles. The molecule has 4 rings (SSSR count). The van der Waals surface area contributed by atoms with Crippen LogP contribution < -0.4 is 0 Å². The first kappa shape index (κ1) is 9.47. The van der Waals surface area contributed by atoms with Gasteiger partial charge in [-0.05, 0) is 53.0 Å². The number of rotatable bonds is 1. The molecule has 0 N–H and O–H groups in total. The lowest BCUT2D eigenvalue weighted by atomic mass is 9.89. The molecule has 0 aromatic heterocycles. The van der Waals surface area contributed by atoms with Crippen LogP contribution in [-0.4, -0.2) is 0 Å². The molecule has 84 valence electrons. The summed E-state index contributed by atoms with van der Waals surface area (Å²) in [7, 11) is 0. The largest absolute Gasteiger partial charge is 0.0773 e. The molecule has 2 atom stereocenters. The zero-order valence-electron chi connectivity index (χ0n) is 9.89. The van der Waals surface area contributed by atoms with Crippen molar-refractivity contribution in [2.24, 2.45) is 11.8 Å². The lowest BCUT2D eigenvalue weighted by Gasteiger charge is -2.15. The first-order chi connectivity index (χ1) is 8.42. The summed E-state index contributed by atoms with van der Waals surface area (Å²) in [5.41, 5.74) is 3.10. The lowest BCUT2D eigenvalue weighted by Crippen LogP contribution is -1.97. The van der Waals surface area contributed by atoms with Crippen molar-refractivity contribution in [1.29, 1.82) is 0 Å². The average molecular weight is 220 g/mol. The van der Waals surface area contributed by atoms with E-state index in [1.807, 2.05) is 0 Å². The van der Waals surface area contributed by atoms with Gasteiger partial charge in [-0.1, -0.05) is 48.5 Å². The Morgan fingerprint density at radius 2 is 1.76 bits per heavy atom. The van der Waals surface area contributed by atoms with Crippen LogP contribution in [0.5, 0.6) is 0 Å². The summed E-state index contributed by atoms with van der Waals surface area (Å²) >= 11 is 0. The third-order valence-corrected chi connectivity index (χ3v) is 4.43. The second-order valence-electron chi connectivity index (χ2n) is 5.42. The van der Waals surface area contributed by atoms with Gasteiger partial charge in [0.15, 0.2) is 0 Å². The Bertz CT molecular complexity index is 601. The van der Waals surface area contributed by atoms with Crippen LogP contribution in [0.15, 0.2) is 48.5 Å². The number of benzene rings is 2. The van der Waals surface area contributed by atoms with Crippen LogP contribution in [-0.2, 0) is 0 Å². The minimum Gasteiger partial charge on any atom is -0.0773 e. The smallest absolute Gasteiger partial charge is 0.0109 e. The van der Waals surface area contributed by atoms with Gasteiger partial charge >= 0.3 is 0 Å². The fourth-order valence-corrected chi connectivity index (χ4v) is 3.63. The zero-order valence-corrected chi connectivity index (χ0v) is 9.89. The molecular formula is C17H16. The first-order valence-electron chi connectivity index (χ1n) is 6.62. The van der Waals surface area contributed by atoms with Crippen molar-refractivity contribution in [3.63, 3.8) is 0 Å². The Kier molecular flexibility index (Phi) is 1.93. The zero-order chi connectivity index (χ0) is 11.2. The van der Waals surface area contributed by atoms with Crippen molar-refractivity contribution in [3.8, 4) is 0 Å². The van der Waals surface area contributed by atoms with Crippen molar-refractivity contribution in [1.82, 2.24) is 0 Å². The third kappa shape index (κ3) is 1.37. The Morgan fingerprint density at radius 1 is 0.882 bits per heavy atom. The fraction of sp³-hybridized carbons (Fsp3) is 0.294. The number of hydrogen-bond acceptors (Lipinski definition) is 0. The van der Waals surface area contributed by atoms with Gasteiger partial charge in [-0.25, -0.2) is 0 Å². The summed E-state index contributed by atoms with van der Waals surface area (Å²) < 4.78 is 0. The second kappa shape index (κ2) is 3.46. The minimum absolute atomic E-state index is 0.839. The van der Waals surface area contributed by atoms with E-state index in [2.05, 4.69) is 48.5 Å². The number of allylic oxidation sites excluding steroid dienone is 2. The van der Waals surface area contributed by atoms with E-state index in [1.165, 1.54) is 35.6 Å². The number of hydrogen-bond donors (Lipinski definition) is 0. The molecule has 0 nitrogen and oxygen atoms in total. The van der Waals surface area contributed by atoms with Crippen molar-refractivity contribution in [2.45, 2.75) is 19.3 Å². The van der Waals surface area contributed by atoms with Gasteiger partial charge in [0.25, 0.3) is 0 Å². The van der Waals surface area contributed by atoms with E-state index in [0.717, 1.165) is 11.8 Å². The molecule has 0 heterocycles. The van der Waals surface area contributed by atoms with Gasteiger partial charge in [-0.2, -0.15) is 0 Å². The second-order valence-corrected chi connectivity index (χ2v) is 5.42. The molecule has 2 aromatic carbocycles. The van der Waals surface area contributed by atoms with Crippen LogP contribution >= 0.6 is 0 Å². The molecule has 2 aromatic rings. The predicted molar refractivity (Wildman–Crippen MR) is 72.8 cm³/mol. The first-order valence-corrected chi connectivity index (χ1v) is 6.62. The van der Waals surface area contributed by atoms with Gasteiger partial charge in [-0.15, -0.1) is 0 Å². The Labute approximate surface area is 102 Å². The van der Waals surface area contributed by atoms with Gasteiger partial charge in [-0.3, -0.25) is 0 Å².